The fraction of sp³-hybridized carbons (Fsp3) is 0.769. The van der Waals surface area contributed by atoms with Gasteiger partial charge in [0.05, 0.1) is 12.2 Å². The van der Waals surface area contributed by atoms with E-state index in [-0.39, 0.29) is 6.54 Å². The van der Waals surface area contributed by atoms with Crippen LogP contribution < -0.4 is 11.1 Å². The second-order valence-corrected chi connectivity index (χ2v) is 5.52. The number of carbonyl (C=O) groups excluding carboxylic acids is 2. The van der Waals surface area contributed by atoms with Crippen molar-refractivity contribution in [3.63, 3.8) is 0 Å². The fourth-order valence-corrected chi connectivity index (χ4v) is 2.32. The third-order valence-corrected chi connectivity index (χ3v) is 3.69. The molecule has 1 aliphatic heterocycles. The molecule has 2 amide bonds. The van der Waals surface area contributed by atoms with E-state index in [4.69, 9.17) is 10.8 Å². The Hall–Kier alpha value is -1.71. The number of aliphatic hydroxyl groups is 2. The molecule has 126 valence electrons. The van der Waals surface area contributed by atoms with Gasteiger partial charge in [-0.25, -0.2) is 4.79 Å². The van der Waals surface area contributed by atoms with Crippen LogP contribution in [0, 0.1) is 0 Å². The van der Waals surface area contributed by atoms with Crippen molar-refractivity contribution in [2.24, 2.45) is 5.73 Å². The zero-order chi connectivity index (χ0) is 17.0. The van der Waals surface area contributed by atoms with E-state index in [0.29, 0.717) is 12.8 Å². The third kappa shape index (κ3) is 4.15. The van der Waals surface area contributed by atoms with Crippen molar-refractivity contribution in [1.29, 1.82) is 0 Å². The molecule has 0 unspecified atom stereocenters. The average molecular weight is 317 g/mol. The lowest BCUT2D eigenvalue weighted by Crippen LogP contribution is -2.59. The monoisotopic (exact) mass is 317 g/mol. The van der Waals surface area contributed by atoms with Crippen molar-refractivity contribution in [3.05, 3.63) is 0 Å². The van der Waals surface area contributed by atoms with Gasteiger partial charge in [-0.2, -0.15) is 0 Å². The molecule has 0 aromatic rings. The van der Waals surface area contributed by atoms with Gasteiger partial charge in [0.25, 0.3) is 0 Å². The summed E-state index contributed by atoms with van der Waals surface area (Å²) in [6.07, 6.45) is -1.48. The number of carboxylic acid groups (broad SMARTS) is 1. The Morgan fingerprint density at radius 1 is 1.23 bits per heavy atom. The maximum absolute atomic E-state index is 12.4. The molecule has 1 rings (SSSR count). The molecule has 0 spiro atoms. The largest absolute Gasteiger partial charge is 0.480 e. The number of carbonyl (C=O) groups is 3. The minimum absolute atomic E-state index is 0.247. The SMILES string of the molecule is C[C@@H](O)[C@H](N)C(=O)N[C@H](C(=O)N1CCC[C@H]1C(=O)O)[C@@H](C)O. The molecule has 22 heavy (non-hydrogen) atoms. The van der Waals surface area contributed by atoms with Crippen LogP contribution in [-0.2, 0) is 14.4 Å². The molecule has 0 saturated carbocycles. The van der Waals surface area contributed by atoms with Crippen LogP contribution in [0.25, 0.3) is 0 Å². The summed E-state index contributed by atoms with van der Waals surface area (Å²) < 4.78 is 0. The summed E-state index contributed by atoms with van der Waals surface area (Å²) in [6.45, 7) is 2.88. The van der Waals surface area contributed by atoms with Crippen LogP contribution in [0.2, 0.25) is 0 Å². The molecule has 1 fully saturated rings. The lowest BCUT2D eigenvalue weighted by atomic mass is 10.1. The predicted octanol–water partition coefficient (Wildman–Crippen LogP) is -2.36. The molecule has 0 bridgehead atoms. The second kappa shape index (κ2) is 7.52. The highest BCUT2D eigenvalue weighted by molar-refractivity contribution is 5.92. The number of carboxylic acids is 1. The first-order valence-electron chi connectivity index (χ1n) is 7.12. The molecular formula is C13H23N3O6. The van der Waals surface area contributed by atoms with Crippen LogP contribution in [0.15, 0.2) is 0 Å². The van der Waals surface area contributed by atoms with Gasteiger partial charge in [0.15, 0.2) is 0 Å². The summed E-state index contributed by atoms with van der Waals surface area (Å²) in [5.74, 6) is -2.59. The lowest BCUT2D eigenvalue weighted by Gasteiger charge is -2.29. The molecule has 1 aliphatic rings. The minimum atomic E-state index is -1.31. The Morgan fingerprint density at radius 2 is 1.82 bits per heavy atom. The molecule has 0 aliphatic carbocycles. The molecule has 1 heterocycles. The van der Waals surface area contributed by atoms with Gasteiger partial charge >= 0.3 is 5.97 Å². The normalized spacial score (nSPS) is 23.5. The van der Waals surface area contributed by atoms with E-state index in [1.807, 2.05) is 0 Å². The molecule has 6 N–H and O–H groups in total. The standard InChI is InChI=1S/C13H23N3O6/c1-6(17)9(14)11(19)15-10(7(2)18)12(20)16-5-3-4-8(16)13(21)22/h6-10,17-18H,3-5,14H2,1-2H3,(H,15,19)(H,21,22)/t6-,7-,8+,9+,10+/m1/s1. The number of aliphatic hydroxyl groups excluding tert-OH is 2. The molecule has 0 aromatic heterocycles. The first-order chi connectivity index (χ1) is 10.2. The summed E-state index contributed by atoms with van der Waals surface area (Å²) in [6, 6.07) is -3.52. The van der Waals surface area contributed by atoms with E-state index in [1.54, 1.807) is 0 Å². The van der Waals surface area contributed by atoms with Gasteiger partial charge in [0.1, 0.15) is 18.1 Å². The van der Waals surface area contributed by atoms with Crippen LogP contribution >= 0.6 is 0 Å². The van der Waals surface area contributed by atoms with Crippen molar-refractivity contribution >= 4 is 17.8 Å². The number of hydrogen-bond acceptors (Lipinski definition) is 6. The highest BCUT2D eigenvalue weighted by atomic mass is 16.4. The molecule has 0 aromatic carbocycles. The Morgan fingerprint density at radius 3 is 2.27 bits per heavy atom. The topological polar surface area (TPSA) is 153 Å². The highest BCUT2D eigenvalue weighted by Gasteiger charge is 2.39. The predicted molar refractivity (Wildman–Crippen MR) is 75.6 cm³/mol. The average Bonchev–Trinajstić information content (AvgIpc) is 2.91. The third-order valence-electron chi connectivity index (χ3n) is 3.69. The first-order valence-corrected chi connectivity index (χ1v) is 7.12. The van der Waals surface area contributed by atoms with Crippen molar-refractivity contribution in [2.45, 2.75) is 57.0 Å². The van der Waals surface area contributed by atoms with Crippen LogP contribution in [0.5, 0.6) is 0 Å². The molecular weight excluding hydrogens is 294 g/mol. The Labute approximate surface area is 128 Å². The van der Waals surface area contributed by atoms with Crippen LogP contribution in [0.1, 0.15) is 26.7 Å². The molecule has 0 radical (unpaired) electrons. The van der Waals surface area contributed by atoms with Crippen molar-refractivity contribution in [1.82, 2.24) is 10.2 Å². The van der Waals surface area contributed by atoms with Crippen LogP contribution in [-0.4, -0.2) is 74.9 Å². The zero-order valence-electron chi connectivity index (χ0n) is 12.6. The van der Waals surface area contributed by atoms with Crippen molar-refractivity contribution in [3.8, 4) is 0 Å². The quantitative estimate of drug-likeness (QED) is 0.367. The summed E-state index contributed by atoms with van der Waals surface area (Å²) in [4.78, 5) is 36.5. The van der Waals surface area contributed by atoms with Gasteiger partial charge < -0.3 is 31.3 Å². The van der Waals surface area contributed by atoms with E-state index in [0.717, 1.165) is 4.90 Å². The summed E-state index contributed by atoms with van der Waals surface area (Å²) >= 11 is 0. The van der Waals surface area contributed by atoms with E-state index in [9.17, 15) is 24.6 Å². The Balaban J connectivity index is 2.84. The lowest BCUT2D eigenvalue weighted by molar-refractivity contribution is -0.150. The minimum Gasteiger partial charge on any atom is -0.480 e. The smallest absolute Gasteiger partial charge is 0.326 e. The van der Waals surface area contributed by atoms with E-state index in [1.165, 1.54) is 13.8 Å². The molecule has 9 nitrogen and oxygen atoms in total. The van der Waals surface area contributed by atoms with Gasteiger partial charge in [0, 0.05) is 6.54 Å². The number of amides is 2. The van der Waals surface area contributed by atoms with Gasteiger partial charge in [-0.1, -0.05) is 0 Å². The Bertz CT molecular complexity index is 439. The van der Waals surface area contributed by atoms with Gasteiger partial charge in [-0.15, -0.1) is 0 Å². The van der Waals surface area contributed by atoms with Crippen molar-refractivity contribution < 1.29 is 29.7 Å². The summed E-state index contributed by atoms with van der Waals surface area (Å²) in [7, 11) is 0. The zero-order valence-corrected chi connectivity index (χ0v) is 12.6. The van der Waals surface area contributed by atoms with Gasteiger partial charge in [-0.3, -0.25) is 9.59 Å². The van der Waals surface area contributed by atoms with E-state index < -0.39 is 48.1 Å². The highest BCUT2D eigenvalue weighted by Crippen LogP contribution is 2.19. The second-order valence-electron chi connectivity index (χ2n) is 5.52. The number of likely N-dealkylation sites (tertiary alicyclic amines) is 1. The maximum Gasteiger partial charge on any atom is 0.326 e. The molecule has 9 heteroatoms. The number of nitrogens with one attached hydrogen (secondary N) is 1. The number of nitrogens with zero attached hydrogens (tertiary/aromatic N) is 1. The number of aliphatic carboxylic acids is 1. The van der Waals surface area contributed by atoms with Gasteiger partial charge in [-0.05, 0) is 26.7 Å². The number of nitrogens with two attached hydrogens (primary N) is 1. The molecule has 1 saturated heterocycles. The van der Waals surface area contributed by atoms with Crippen LogP contribution in [0.3, 0.4) is 0 Å². The molecule has 5 atom stereocenters. The number of rotatable bonds is 6. The fourth-order valence-electron chi connectivity index (χ4n) is 2.32. The first kappa shape index (κ1) is 18.3. The number of hydrogen-bond donors (Lipinski definition) is 5. The Kier molecular flexibility index (Phi) is 6.27. The summed E-state index contributed by atoms with van der Waals surface area (Å²) in [5, 5.41) is 30.4. The van der Waals surface area contributed by atoms with Gasteiger partial charge in [0.2, 0.25) is 11.8 Å². The summed E-state index contributed by atoms with van der Waals surface area (Å²) in [5.41, 5.74) is 5.47. The van der Waals surface area contributed by atoms with E-state index >= 15 is 0 Å². The van der Waals surface area contributed by atoms with Crippen molar-refractivity contribution in [2.75, 3.05) is 6.54 Å². The maximum atomic E-state index is 12.4. The van der Waals surface area contributed by atoms with E-state index in [2.05, 4.69) is 5.32 Å². The van der Waals surface area contributed by atoms with Crippen LogP contribution in [0.4, 0.5) is 0 Å².